The standard InChI is InChI=1S/C8H11F3O5/c1-15-7(14)5(6(12)13)2-3-16-4-8(9,10)11/h5H,2-4H2,1H3,(H,12,13). The topological polar surface area (TPSA) is 72.8 Å². The number of carbonyl (C=O) groups excluding carboxylic acids is 1. The van der Waals surface area contributed by atoms with E-state index in [-0.39, 0.29) is 6.42 Å². The molecule has 1 atom stereocenters. The Kier molecular flexibility index (Phi) is 5.79. The van der Waals surface area contributed by atoms with Gasteiger partial charge in [-0.3, -0.25) is 9.59 Å². The third-order valence-electron chi connectivity index (χ3n) is 1.60. The van der Waals surface area contributed by atoms with Crippen LogP contribution in [0.2, 0.25) is 0 Å². The summed E-state index contributed by atoms with van der Waals surface area (Å²) in [7, 11) is 0.995. The predicted molar refractivity (Wildman–Crippen MR) is 44.6 cm³/mol. The van der Waals surface area contributed by atoms with E-state index in [0.29, 0.717) is 0 Å². The molecule has 16 heavy (non-hydrogen) atoms. The Bertz CT molecular complexity index is 251. The van der Waals surface area contributed by atoms with E-state index in [4.69, 9.17) is 5.11 Å². The van der Waals surface area contributed by atoms with E-state index in [2.05, 4.69) is 9.47 Å². The van der Waals surface area contributed by atoms with Crippen molar-refractivity contribution < 1.29 is 37.3 Å². The highest BCUT2D eigenvalue weighted by Gasteiger charge is 2.29. The second kappa shape index (κ2) is 6.31. The molecule has 0 bridgehead atoms. The van der Waals surface area contributed by atoms with Crippen LogP contribution in [0.25, 0.3) is 0 Å². The maximum atomic E-state index is 11.6. The summed E-state index contributed by atoms with van der Waals surface area (Å²) >= 11 is 0. The van der Waals surface area contributed by atoms with Gasteiger partial charge in [0, 0.05) is 6.61 Å². The number of carboxylic acids is 1. The maximum absolute atomic E-state index is 11.6. The van der Waals surface area contributed by atoms with E-state index >= 15 is 0 Å². The molecule has 0 fully saturated rings. The van der Waals surface area contributed by atoms with Gasteiger partial charge < -0.3 is 14.6 Å². The van der Waals surface area contributed by atoms with Crippen molar-refractivity contribution in [1.29, 1.82) is 0 Å². The number of hydrogen-bond acceptors (Lipinski definition) is 4. The molecule has 0 aromatic carbocycles. The average molecular weight is 244 g/mol. The molecule has 8 heteroatoms. The van der Waals surface area contributed by atoms with Crippen molar-refractivity contribution in [2.24, 2.45) is 5.92 Å². The largest absolute Gasteiger partial charge is 0.481 e. The van der Waals surface area contributed by atoms with Crippen LogP contribution >= 0.6 is 0 Å². The molecule has 0 spiro atoms. The minimum Gasteiger partial charge on any atom is -0.481 e. The Morgan fingerprint density at radius 3 is 2.31 bits per heavy atom. The highest BCUT2D eigenvalue weighted by Crippen LogP contribution is 2.15. The molecule has 0 aliphatic heterocycles. The first-order valence-electron chi connectivity index (χ1n) is 4.23. The monoisotopic (exact) mass is 244 g/mol. The van der Waals surface area contributed by atoms with Crippen LogP contribution in [-0.2, 0) is 19.1 Å². The number of carboxylic acid groups (broad SMARTS) is 1. The van der Waals surface area contributed by atoms with Gasteiger partial charge >= 0.3 is 18.1 Å². The Morgan fingerprint density at radius 2 is 1.94 bits per heavy atom. The lowest BCUT2D eigenvalue weighted by Crippen LogP contribution is -2.27. The lowest BCUT2D eigenvalue weighted by Gasteiger charge is -2.11. The number of hydrogen-bond donors (Lipinski definition) is 1. The van der Waals surface area contributed by atoms with Crippen molar-refractivity contribution in [1.82, 2.24) is 0 Å². The number of rotatable bonds is 6. The van der Waals surface area contributed by atoms with Gasteiger partial charge in [0.05, 0.1) is 7.11 Å². The predicted octanol–water partition coefficient (Wildman–Crippen LogP) is 0.829. The summed E-state index contributed by atoms with van der Waals surface area (Å²) in [6.07, 6.45) is -4.83. The SMILES string of the molecule is COC(=O)C(CCOCC(F)(F)F)C(=O)O. The highest BCUT2D eigenvalue weighted by atomic mass is 19.4. The number of methoxy groups -OCH3 is 1. The molecule has 94 valence electrons. The molecule has 0 rings (SSSR count). The zero-order chi connectivity index (χ0) is 12.8. The van der Waals surface area contributed by atoms with Crippen molar-refractivity contribution >= 4 is 11.9 Å². The first-order chi connectivity index (χ1) is 7.28. The summed E-state index contributed by atoms with van der Waals surface area (Å²) < 4.78 is 43.2. The number of esters is 1. The molecule has 5 nitrogen and oxygen atoms in total. The Hall–Kier alpha value is -1.31. The van der Waals surface area contributed by atoms with Crippen LogP contribution in [0.15, 0.2) is 0 Å². The number of ether oxygens (including phenoxy) is 2. The zero-order valence-electron chi connectivity index (χ0n) is 8.41. The van der Waals surface area contributed by atoms with Gasteiger partial charge in [-0.2, -0.15) is 13.2 Å². The number of halogens is 3. The van der Waals surface area contributed by atoms with Gasteiger partial charge in [-0.25, -0.2) is 0 Å². The highest BCUT2D eigenvalue weighted by molar-refractivity contribution is 5.93. The molecular weight excluding hydrogens is 233 g/mol. The second-order valence-corrected chi connectivity index (χ2v) is 2.87. The van der Waals surface area contributed by atoms with E-state index in [9.17, 15) is 22.8 Å². The van der Waals surface area contributed by atoms with Crippen LogP contribution in [-0.4, -0.2) is 43.5 Å². The first kappa shape index (κ1) is 14.7. The van der Waals surface area contributed by atoms with Gasteiger partial charge in [0.2, 0.25) is 0 Å². The fraction of sp³-hybridized carbons (Fsp3) is 0.750. The summed E-state index contributed by atoms with van der Waals surface area (Å²) in [5.74, 6) is -3.97. The summed E-state index contributed by atoms with van der Waals surface area (Å²) in [6, 6.07) is 0. The summed E-state index contributed by atoms with van der Waals surface area (Å²) in [4.78, 5) is 21.4. The van der Waals surface area contributed by atoms with Crippen molar-refractivity contribution in [3.05, 3.63) is 0 Å². The average Bonchev–Trinajstić information content (AvgIpc) is 2.14. The van der Waals surface area contributed by atoms with E-state index in [0.717, 1.165) is 7.11 Å². The smallest absolute Gasteiger partial charge is 0.411 e. The quantitative estimate of drug-likeness (QED) is 0.425. The molecule has 0 saturated heterocycles. The van der Waals surface area contributed by atoms with E-state index in [1.165, 1.54) is 0 Å². The third-order valence-corrected chi connectivity index (χ3v) is 1.60. The van der Waals surface area contributed by atoms with Crippen molar-refractivity contribution in [2.75, 3.05) is 20.3 Å². The molecule has 1 unspecified atom stereocenters. The fourth-order valence-corrected chi connectivity index (χ4v) is 0.873. The van der Waals surface area contributed by atoms with Gasteiger partial charge in [0.1, 0.15) is 6.61 Å². The van der Waals surface area contributed by atoms with Crippen LogP contribution < -0.4 is 0 Å². The van der Waals surface area contributed by atoms with Gasteiger partial charge in [-0.1, -0.05) is 0 Å². The molecule has 0 radical (unpaired) electrons. The Labute approximate surface area is 89.1 Å². The van der Waals surface area contributed by atoms with E-state index < -0.39 is 37.2 Å². The fourth-order valence-electron chi connectivity index (χ4n) is 0.873. The summed E-state index contributed by atoms with van der Waals surface area (Å²) in [5.41, 5.74) is 0. The lowest BCUT2D eigenvalue weighted by molar-refractivity contribution is -0.175. The Morgan fingerprint density at radius 1 is 1.38 bits per heavy atom. The van der Waals surface area contributed by atoms with Crippen molar-refractivity contribution in [2.45, 2.75) is 12.6 Å². The zero-order valence-corrected chi connectivity index (χ0v) is 8.41. The van der Waals surface area contributed by atoms with Crippen LogP contribution in [0.3, 0.4) is 0 Å². The number of alkyl halides is 3. The molecule has 0 aromatic rings. The molecular formula is C8H11F3O5. The van der Waals surface area contributed by atoms with E-state index in [1.54, 1.807) is 0 Å². The normalized spacial score (nSPS) is 13.2. The van der Waals surface area contributed by atoms with E-state index in [1.807, 2.05) is 0 Å². The van der Waals surface area contributed by atoms with Gasteiger partial charge in [0.25, 0.3) is 0 Å². The molecule has 0 aromatic heterocycles. The van der Waals surface area contributed by atoms with Crippen LogP contribution in [0, 0.1) is 5.92 Å². The third kappa shape index (κ3) is 6.23. The summed E-state index contributed by atoms with van der Waals surface area (Å²) in [5, 5.41) is 8.56. The van der Waals surface area contributed by atoms with Gasteiger partial charge in [0.15, 0.2) is 5.92 Å². The van der Waals surface area contributed by atoms with Crippen LogP contribution in [0.4, 0.5) is 13.2 Å². The van der Waals surface area contributed by atoms with Gasteiger partial charge in [-0.15, -0.1) is 0 Å². The first-order valence-corrected chi connectivity index (χ1v) is 4.23. The Balaban J connectivity index is 3.96. The minimum atomic E-state index is -4.47. The molecule has 0 heterocycles. The molecule has 0 aliphatic rings. The summed E-state index contributed by atoms with van der Waals surface area (Å²) in [6.45, 7) is -1.95. The minimum absolute atomic E-state index is 0.363. The molecule has 0 aliphatic carbocycles. The molecule has 0 amide bonds. The van der Waals surface area contributed by atoms with Crippen molar-refractivity contribution in [3.63, 3.8) is 0 Å². The van der Waals surface area contributed by atoms with Crippen LogP contribution in [0.5, 0.6) is 0 Å². The maximum Gasteiger partial charge on any atom is 0.411 e. The number of carbonyl (C=O) groups is 2. The molecule has 1 N–H and O–H groups in total. The van der Waals surface area contributed by atoms with Gasteiger partial charge in [-0.05, 0) is 6.42 Å². The van der Waals surface area contributed by atoms with Crippen molar-refractivity contribution in [3.8, 4) is 0 Å². The second-order valence-electron chi connectivity index (χ2n) is 2.87. The lowest BCUT2D eigenvalue weighted by atomic mass is 10.1. The number of aliphatic carboxylic acids is 1. The van der Waals surface area contributed by atoms with Crippen LogP contribution in [0.1, 0.15) is 6.42 Å². The molecule has 0 saturated carbocycles.